The second kappa shape index (κ2) is 4.97. The van der Waals surface area contributed by atoms with Gasteiger partial charge in [-0.05, 0) is 32.3 Å². The van der Waals surface area contributed by atoms with Gasteiger partial charge in [0.1, 0.15) is 0 Å². The van der Waals surface area contributed by atoms with Gasteiger partial charge in [0, 0.05) is 24.0 Å². The van der Waals surface area contributed by atoms with Gasteiger partial charge in [-0.3, -0.25) is 9.89 Å². The van der Waals surface area contributed by atoms with Crippen LogP contribution in [0.2, 0.25) is 0 Å². The Morgan fingerprint density at radius 2 is 2.29 bits per heavy atom. The third-order valence-electron chi connectivity index (χ3n) is 2.51. The fourth-order valence-corrected chi connectivity index (χ4v) is 1.56. The fraction of sp³-hybridized carbons (Fsp3) is 0.333. The maximum Gasteiger partial charge on any atom is 0.225 e. The molecule has 0 fully saturated rings. The number of anilines is 1. The Hall–Kier alpha value is -1.88. The Balaban J connectivity index is 2.00. The number of H-pyrrole nitrogens is 1. The topological polar surface area (TPSA) is 61.0 Å². The van der Waals surface area contributed by atoms with Crippen molar-refractivity contribution in [3.05, 3.63) is 24.4 Å². The van der Waals surface area contributed by atoms with Crippen molar-refractivity contribution >= 4 is 22.5 Å². The lowest BCUT2D eigenvalue weighted by Gasteiger charge is -2.09. The minimum atomic E-state index is 0.0255. The normalized spacial score (nSPS) is 11.0. The number of nitrogens with one attached hydrogen (secondary N) is 2. The summed E-state index contributed by atoms with van der Waals surface area (Å²) in [6.45, 7) is 0.748. The lowest BCUT2D eigenvalue weighted by atomic mass is 10.2. The lowest BCUT2D eigenvalue weighted by molar-refractivity contribution is -0.116. The molecule has 2 N–H and O–H groups in total. The molecule has 0 unspecified atom stereocenters. The third-order valence-corrected chi connectivity index (χ3v) is 2.51. The van der Waals surface area contributed by atoms with E-state index in [0.29, 0.717) is 6.42 Å². The van der Waals surface area contributed by atoms with Crippen molar-refractivity contribution in [3.8, 4) is 0 Å². The van der Waals surface area contributed by atoms with Crippen LogP contribution < -0.4 is 5.32 Å². The van der Waals surface area contributed by atoms with Crippen molar-refractivity contribution in [2.24, 2.45) is 0 Å². The molecule has 0 radical (unpaired) electrons. The monoisotopic (exact) mass is 232 g/mol. The molecule has 0 atom stereocenters. The van der Waals surface area contributed by atoms with Crippen LogP contribution in [0.4, 0.5) is 5.69 Å². The minimum Gasteiger partial charge on any atom is -0.326 e. The Kier molecular flexibility index (Phi) is 3.39. The molecule has 0 aliphatic rings. The predicted octanol–water partition coefficient (Wildman–Crippen LogP) is 1.45. The second-order valence-corrected chi connectivity index (χ2v) is 4.27. The summed E-state index contributed by atoms with van der Waals surface area (Å²) in [5, 5.41) is 10.7. The van der Waals surface area contributed by atoms with Crippen LogP contribution in [0, 0.1) is 0 Å². The summed E-state index contributed by atoms with van der Waals surface area (Å²) in [4.78, 5) is 13.6. The van der Waals surface area contributed by atoms with Crippen LogP contribution in [0.1, 0.15) is 6.42 Å². The van der Waals surface area contributed by atoms with E-state index >= 15 is 0 Å². The zero-order valence-corrected chi connectivity index (χ0v) is 10.0. The Labute approximate surface area is 99.8 Å². The number of fused-ring (bicyclic) bond motifs is 1. The molecule has 90 valence electrons. The molecule has 0 spiro atoms. The van der Waals surface area contributed by atoms with E-state index in [9.17, 15) is 4.79 Å². The number of benzene rings is 1. The minimum absolute atomic E-state index is 0.0255. The molecular weight excluding hydrogens is 216 g/mol. The van der Waals surface area contributed by atoms with E-state index in [1.54, 1.807) is 6.20 Å². The molecule has 0 aliphatic carbocycles. The molecule has 2 rings (SSSR count). The summed E-state index contributed by atoms with van der Waals surface area (Å²) in [6, 6.07) is 5.70. The van der Waals surface area contributed by atoms with E-state index in [4.69, 9.17) is 0 Å². The van der Waals surface area contributed by atoms with E-state index in [1.807, 2.05) is 37.2 Å². The Morgan fingerprint density at radius 1 is 1.47 bits per heavy atom. The third kappa shape index (κ3) is 3.04. The molecule has 5 nitrogen and oxygen atoms in total. The molecule has 1 aromatic heterocycles. The molecule has 0 aliphatic heterocycles. The van der Waals surface area contributed by atoms with Crippen molar-refractivity contribution in [1.29, 1.82) is 0 Å². The molecule has 0 saturated carbocycles. The molecule has 5 heteroatoms. The van der Waals surface area contributed by atoms with Gasteiger partial charge in [0.15, 0.2) is 0 Å². The van der Waals surface area contributed by atoms with Crippen LogP contribution in [-0.4, -0.2) is 41.6 Å². The number of carbonyl (C=O) groups is 1. The lowest BCUT2D eigenvalue weighted by Crippen LogP contribution is -2.20. The number of aromatic nitrogens is 2. The first-order valence-electron chi connectivity index (χ1n) is 5.53. The molecule has 0 saturated heterocycles. The number of aromatic amines is 1. The van der Waals surface area contributed by atoms with E-state index in [2.05, 4.69) is 15.5 Å². The highest BCUT2D eigenvalue weighted by atomic mass is 16.1. The molecule has 1 amide bonds. The second-order valence-electron chi connectivity index (χ2n) is 4.27. The number of nitrogens with zero attached hydrogens (tertiary/aromatic N) is 2. The van der Waals surface area contributed by atoms with Crippen molar-refractivity contribution in [1.82, 2.24) is 15.1 Å². The van der Waals surface area contributed by atoms with Crippen LogP contribution >= 0.6 is 0 Å². The molecule has 2 aromatic rings. The highest BCUT2D eigenvalue weighted by Crippen LogP contribution is 2.16. The first kappa shape index (κ1) is 11.6. The number of amides is 1. The van der Waals surface area contributed by atoms with E-state index in [1.165, 1.54) is 0 Å². The first-order chi connectivity index (χ1) is 8.15. The fourth-order valence-electron chi connectivity index (χ4n) is 1.56. The summed E-state index contributed by atoms with van der Waals surface area (Å²) in [6.07, 6.45) is 2.25. The Bertz CT molecular complexity index is 518. The maximum atomic E-state index is 11.6. The summed E-state index contributed by atoms with van der Waals surface area (Å²) in [5.74, 6) is 0.0255. The van der Waals surface area contributed by atoms with Gasteiger partial charge in [0.2, 0.25) is 5.91 Å². The van der Waals surface area contributed by atoms with Crippen molar-refractivity contribution in [2.45, 2.75) is 6.42 Å². The summed E-state index contributed by atoms with van der Waals surface area (Å²) in [7, 11) is 3.90. The van der Waals surface area contributed by atoms with E-state index in [-0.39, 0.29) is 5.91 Å². The molecule has 1 heterocycles. The number of carbonyl (C=O) groups excluding carboxylic acids is 1. The molecule has 1 aromatic carbocycles. The van der Waals surface area contributed by atoms with Crippen LogP contribution in [0.25, 0.3) is 10.9 Å². The number of rotatable bonds is 4. The maximum absolute atomic E-state index is 11.6. The highest BCUT2D eigenvalue weighted by Gasteiger charge is 2.04. The first-order valence-corrected chi connectivity index (χ1v) is 5.53. The van der Waals surface area contributed by atoms with E-state index in [0.717, 1.165) is 23.1 Å². The smallest absolute Gasteiger partial charge is 0.225 e. The van der Waals surface area contributed by atoms with Gasteiger partial charge in [-0.15, -0.1) is 0 Å². The predicted molar refractivity (Wildman–Crippen MR) is 67.9 cm³/mol. The van der Waals surface area contributed by atoms with Gasteiger partial charge in [-0.1, -0.05) is 0 Å². The van der Waals surface area contributed by atoms with Gasteiger partial charge in [0.25, 0.3) is 0 Å². The van der Waals surface area contributed by atoms with Crippen LogP contribution in [0.3, 0.4) is 0 Å². The standard InChI is InChI=1S/C12H16N4O/c1-16(2)6-5-12(17)14-10-4-3-9-8-13-15-11(9)7-10/h3-4,7-8H,5-6H2,1-2H3,(H,13,15)(H,14,17). The quantitative estimate of drug-likeness (QED) is 0.838. The van der Waals surface area contributed by atoms with Crippen LogP contribution in [0.15, 0.2) is 24.4 Å². The average molecular weight is 232 g/mol. The Morgan fingerprint density at radius 3 is 3.06 bits per heavy atom. The van der Waals surface area contributed by atoms with Gasteiger partial charge in [0.05, 0.1) is 11.7 Å². The average Bonchev–Trinajstić information content (AvgIpc) is 2.73. The zero-order valence-electron chi connectivity index (χ0n) is 10.0. The summed E-state index contributed by atoms with van der Waals surface area (Å²) < 4.78 is 0. The van der Waals surface area contributed by atoms with Crippen molar-refractivity contribution < 1.29 is 4.79 Å². The van der Waals surface area contributed by atoms with Gasteiger partial charge in [-0.2, -0.15) is 5.10 Å². The molecule has 0 bridgehead atoms. The van der Waals surface area contributed by atoms with Crippen molar-refractivity contribution in [2.75, 3.05) is 26.0 Å². The molecular formula is C12H16N4O. The summed E-state index contributed by atoms with van der Waals surface area (Å²) >= 11 is 0. The zero-order chi connectivity index (χ0) is 12.3. The molecule has 17 heavy (non-hydrogen) atoms. The van der Waals surface area contributed by atoms with Crippen LogP contribution in [0.5, 0.6) is 0 Å². The van der Waals surface area contributed by atoms with Crippen molar-refractivity contribution in [3.63, 3.8) is 0 Å². The number of hydrogen-bond acceptors (Lipinski definition) is 3. The highest BCUT2D eigenvalue weighted by molar-refractivity contribution is 5.93. The number of hydrogen-bond donors (Lipinski definition) is 2. The van der Waals surface area contributed by atoms with Gasteiger partial charge >= 0.3 is 0 Å². The SMILES string of the molecule is CN(C)CCC(=O)Nc1ccc2cn[nH]c2c1. The van der Waals surface area contributed by atoms with Gasteiger partial charge < -0.3 is 10.2 Å². The van der Waals surface area contributed by atoms with Crippen LogP contribution in [-0.2, 0) is 4.79 Å². The largest absolute Gasteiger partial charge is 0.326 e. The summed E-state index contributed by atoms with van der Waals surface area (Å²) in [5.41, 5.74) is 1.72. The van der Waals surface area contributed by atoms with E-state index < -0.39 is 0 Å². The van der Waals surface area contributed by atoms with Gasteiger partial charge in [-0.25, -0.2) is 0 Å².